The second-order valence-electron chi connectivity index (χ2n) is 6.24. The Morgan fingerprint density at radius 1 is 1.33 bits per heavy atom. The highest BCUT2D eigenvalue weighted by Gasteiger charge is 2.35. The molecular formula is C18H17BrN4O4. The van der Waals surface area contributed by atoms with E-state index in [1.54, 1.807) is 35.0 Å². The molecule has 9 heteroatoms. The maximum atomic E-state index is 12.5. The van der Waals surface area contributed by atoms with Crippen molar-refractivity contribution in [1.29, 1.82) is 0 Å². The minimum Gasteiger partial charge on any atom is -0.394 e. The number of aliphatic hydroxyl groups excluding tert-OH is 2. The number of hydrogen-bond donors (Lipinski definition) is 3. The number of fused-ring (bicyclic) bond motifs is 1. The van der Waals surface area contributed by atoms with Gasteiger partial charge in [0.05, 0.1) is 18.1 Å². The number of benzene rings is 1. The zero-order valence-corrected chi connectivity index (χ0v) is 15.7. The van der Waals surface area contributed by atoms with Crippen molar-refractivity contribution in [1.82, 2.24) is 14.5 Å². The molecule has 4 rings (SSSR count). The molecular weight excluding hydrogens is 416 g/mol. The van der Waals surface area contributed by atoms with E-state index in [0.29, 0.717) is 33.3 Å². The van der Waals surface area contributed by atoms with Gasteiger partial charge in [0.1, 0.15) is 30.1 Å². The van der Waals surface area contributed by atoms with Gasteiger partial charge >= 0.3 is 0 Å². The molecule has 1 aromatic carbocycles. The Kier molecular flexibility index (Phi) is 4.92. The fraction of sp³-hybridized carbons (Fsp3) is 0.278. The lowest BCUT2D eigenvalue weighted by atomic mass is 10.2. The number of nitrogens with zero attached hydrogens (tertiary/aromatic N) is 3. The first-order chi connectivity index (χ1) is 13.1. The molecule has 0 bridgehead atoms. The summed E-state index contributed by atoms with van der Waals surface area (Å²) in [5.74, 6) is 0.0971. The van der Waals surface area contributed by atoms with Gasteiger partial charge < -0.3 is 24.8 Å². The molecule has 0 saturated carbocycles. The second-order valence-corrected chi connectivity index (χ2v) is 7.09. The van der Waals surface area contributed by atoms with Gasteiger partial charge in [0, 0.05) is 22.7 Å². The molecule has 8 nitrogen and oxygen atoms in total. The van der Waals surface area contributed by atoms with Crippen LogP contribution in [-0.2, 0) is 4.74 Å². The number of ether oxygens (including phenoxy) is 1. The van der Waals surface area contributed by atoms with E-state index in [1.165, 1.54) is 6.33 Å². The first kappa shape index (κ1) is 18.1. The van der Waals surface area contributed by atoms with Crippen LogP contribution < -0.4 is 5.32 Å². The molecule has 140 valence electrons. The maximum Gasteiger partial charge on any atom is 0.256 e. The van der Waals surface area contributed by atoms with Gasteiger partial charge in [-0.05, 0) is 28.1 Å². The van der Waals surface area contributed by atoms with Crippen molar-refractivity contribution in [3.8, 4) is 0 Å². The smallest absolute Gasteiger partial charge is 0.256 e. The van der Waals surface area contributed by atoms with Gasteiger partial charge in [-0.15, -0.1) is 0 Å². The Labute approximate surface area is 162 Å². The third kappa shape index (κ3) is 3.34. The van der Waals surface area contributed by atoms with Crippen LogP contribution in [0.3, 0.4) is 0 Å². The van der Waals surface area contributed by atoms with Crippen LogP contribution in [0.25, 0.3) is 11.0 Å². The number of rotatable bonds is 4. The summed E-state index contributed by atoms with van der Waals surface area (Å²) in [6.07, 6.45) is 1.60. The summed E-state index contributed by atoms with van der Waals surface area (Å²) >= 11 is 3.49. The van der Waals surface area contributed by atoms with Crippen molar-refractivity contribution in [3.05, 3.63) is 52.9 Å². The molecule has 1 saturated heterocycles. The topological polar surface area (TPSA) is 110 Å². The number of anilines is 1. The van der Waals surface area contributed by atoms with Gasteiger partial charge in [-0.3, -0.25) is 4.79 Å². The summed E-state index contributed by atoms with van der Waals surface area (Å²) in [7, 11) is 0. The van der Waals surface area contributed by atoms with Crippen LogP contribution >= 0.6 is 15.9 Å². The van der Waals surface area contributed by atoms with Crippen molar-refractivity contribution in [2.24, 2.45) is 0 Å². The molecule has 1 aliphatic rings. The third-order valence-electron chi connectivity index (χ3n) is 4.53. The van der Waals surface area contributed by atoms with E-state index in [4.69, 9.17) is 4.74 Å². The summed E-state index contributed by atoms with van der Waals surface area (Å²) in [5, 5.41) is 22.7. The number of aliphatic hydroxyl groups is 2. The van der Waals surface area contributed by atoms with E-state index in [-0.39, 0.29) is 12.5 Å². The number of carbonyl (C=O) groups excluding carboxylic acids is 1. The summed E-state index contributed by atoms with van der Waals surface area (Å²) < 4.78 is 8.16. The predicted octanol–water partition coefficient (Wildman–Crippen LogP) is 2.09. The van der Waals surface area contributed by atoms with Gasteiger partial charge in [-0.2, -0.15) is 0 Å². The molecule has 2 aromatic heterocycles. The highest BCUT2D eigenvalue weighted by atomic mass is 79.9. The van der Waals surface area contributed by atoms with E-state index < -0.39 is 18.4 Å². The standard InChI is InChI=1S/C18H17BrN4O4/c19-11-7-23(14-6-12(25)13(8-24)27-14)17-15(11)16(20-9-21-17)22-18(26)10-4-2-1-3-5-10/h1-5,7,9,12-14,24-25H,6,8H2,(H,20,21,22,26)/t12-,13+,14+/m0/s1. The van der Waals surface area contributed by atoms with Crippen LogP contribution in [0.4, 0.5) is 5.82 Å². The van der Waals surface area contributed by atoms with Gasteiger partial charge in [0.2, 0.25) is 0 Å². The monoisotopic (exact) mass is 432 g/mol. The molecule has 3 atom stereocenters. The summed E-state index contributed by atoms with van der Waals surface area (Å²) in [5.41, 5.74) is 1.07. The zero-order valence-electron chi connectivity index (χ0n) is 14.1. The van der Waals surface area contributed by atoms with Gasteiger partial charge in [0.25, 0.3) is 5.91 Å². The number of amides is 1. The van der Waals surface area contributed by atoms with Crippen LogP contribution in [0, 0.1) is 0 Å². The van der Waals surface area contributed by atoms with Gasteiger partial charge in [-0.25, -0.2) is 9.97 Å². The third-order valence-corrected chi connectivity index (χ3v) is 5.13. The highest BCUT2D eigenvalue weighted by molar-refractivity contribution is 9.10. The Balaban J connectivity index is 1.68. The molecule has 1 fully saturated rings. The second kappa shape index (κ2) is 7.35. The molecule has 0 unspecified atom stereocenters. The predicted molar refractivity (Wildman–Crippen MR) is 101 cm³/mol. The van der Waals surface area contributed by atoms with E-state index >= 15 is 0 Å². The van der Waals surface area contributed by atoms with Crippen LogP contribution in [0.15, 0.2) is 47.3 Å². The summed E-state index contributed by atoms with van der Waals surface area (Å²) in [6.45, 7) is -0.259. The summed E-state index contributed by atoms with van der Waals surface area (Å²) in [6, 6.07) is 8.86. The Morgan fingerprint density at radius 2 is 2.11 bits per heavy atom. The zero-order chi connectivity index (χ0) is 19.0. The molecule has 27 heavy (non-hydrogen) atoms. The van der Waals surface area contributed by atoms with Crippen LogP contribution in [0.2, 0.25) is 0 Å². The number of hydrogen-bond acceptors (Lipinski definition) is 6. The Morgan fingerprint density at radius 3 is 2.81 bits per heavy atom. The Bertz CT molecular complexity index is 978. The maximum absolute atomic E-state index is 12.5. The fourth-order valence-corrected chi connectivity index (χ4v) is 3.76. The molecule has 3 N–H and O–H groups in total. The Hall–Kier alpha value is -2.33. The van der Waals surface area contributed by atoms with Crippen LogP contribution in [0.5, 0.6) is 0 Å². The molecule has 3 heterocycles. The summed E-state index contributed by atoms with van der Waals surface area (Å²) in [4.78, 5) is 21.0. The van der Waals surface area contributed by atoms with Gasteiger partial charge in [-0.1, -0.05) is 18.2 Å². The average Bonchev–Trinajstić information content (AvgIpc) is 3.23. The van der Waals surface area contributed by atoms with Gasteiger partial charge in [0.15, 0.2) is 0 Å². The van der Waals surface area contributed by atoms with E-state index in [2.05, 4.69) is 31.2 Å². The minimum atomic E-state index is -0.754. The van der Waals surface area contributed by atoms with Crippen molar-refractivity contribution in [3.63, 3.8) is 0 Å². The van der Waals surface area contributed by atoms with Crippen molar-refractivity contribution in [2.75, 3.05) is 11.9 Å². The van der Waals surface area contributed by atoms with Crippen molar-refractivity contribution < 1.29 is 19.7 Å². The molecule has 0 spiro atoms. The largest absolute Gasteiger partial charge is 0.394 e. The molecule has 1 aliphatic heterocycles. The molecule has 0 aliphatic carbocycles. The van der Waals surface area contributed by atoms with Crippen LogP contribution in [0.1, 0.15) is 23.0 Å². The quantitative estimate of drug-likeness (QED) is 0.582. The number of aromatic nitrogens is 3. The lowest BCUT2D eigenvalue weighted by molar-refractivity contribution is -0.0430. The fourth-order valence-electron chi connectivity index (χ4n) is 3.17. The average molecular weight is 433 g/mol. The van der Waals surface area contributed by atoms with Crippen LogP contribution in [-0.4, -0.2) is 49.5 Å². The molecule has 1 amide bonds. The normalized spacial score (nSPS) is 22.3. The number of carbonyl (C=O) groups is 1. The highest BCUT2D eigenvalue weighted by Crippen LogP contribution is 2.36. The SMILES string of the molecule is O=C(Nc1ncnc2c1c(Br)cn2[C@H]1C[C@H](O)[C@@H](CO)O1)c1ccccc1. The molecule has 0 radical (unpaired) electrons. The first-order valence-electron chi connectivity index (χ1n) is 8.40. The lowest BCUT2D eigenvalue weighted by Crippen LogP contribution is -2.24. The first-order valence-corrected chi connectivity index (χ1v) is 9.19. The van der Waals surface area contributed by atoms with Crippen molar-refractivity contribution in [2.45, 2.75) is 24.9 Å². The number of nitrogens with one attached hydrogen (secondary N) is 1. The molecule has 3 aromatic rings. The minimum absolute atomic E-state index is 0.259. The van der Waals surface area contributed by atoms with E-state index in [1.807, 2.05) is 6.07 Å². The van der Waals surface area contributed by atoms with Crippen molar-refractivity contribution >= 4 is 38.7 Å². The van der Waals surface area contributed by atoms with E-state index in [9.17, 15) is 15.0 Å². The number of halogens is 1. The van der Waals surface area contributed by atoms with E-state index in [0.717, 1.165) is 0 Å². The lowest BCUT2D eigenvalue weighted by Gasteiger charge is -2.14.